The summed E-state index contributed by atoms with van der Waals surface area (Å²) in [5.41, 5.74) is 0. The van der Waals surface area contributed by atoms with Crippen molar-refractivity contribution in [1.82, 2.24) is 0 Å². The molecule has 0 amide bonds. The summed E-state index contributed by atoms with van der Waals surface area (Å²) in [5.74, 6) is 0. The van der Waals surface area contributed by atoms with Crippen LogP contribution in [0, 0.1) is 6.92 Å². The fraction of sp³-hybridized carbons (Fsp3) is 0.737. The van der Waals surface area contributed by atoms with Crippen LogP contribution in [0.15, 0.2) is 24.3 Å². The Balaban J connectivity index is 3.11. The Bertz CT molecular complexity index is 236. The fourth-order valence-corrected chi connectivity index (χ4v) is 2.28. The first-order valence-corrected chi connectivity index (χ1v) is 9.18. The third-order valence-corrected chi connectivity index (χ3v) is 3.62. The molecule has 0 aromatic carbocycles. The molecule has 0 aliphatic heterocycles. The van der Waals surface area contributed by atoms with Crippen molar-refractivity contribution < 1.29 is 4.74 Å². The molecule has 0 rings (SSSR count). The van der Waals surface area contributed by atoms with Crippen molar-refractivity contribution in [3.63, 3.8) is 0 Å². The van der Waals surface area contributed by atoms with Gasteiger partial charge in [-0.2, -0.15) is 0 Å². The Kier molecular flexibility index (Phi) is 19.2. The van der Waals surface area contributed by atoms with Crippen LogP contribution < -0.4 is 0 Å². The Morgan fingerprint density at radius 2 is 1.29 bits per heavy atom. The number of hydrogen-bond acceptors (Lipinski definition) is 1. The van der Waals surface area contributed by atoms with Crippen LogP contribution in [0.2, 0.25) is 0 Å². The van der Waals surface area contributed by atoms with E-state index in [1.165, 1.54) is 57.8 Å². The Labute approximate surface area is 137 Å². The standard InChI is InChI=1S/C19H34ClO/c1-2-3-4-5-6-7-8-9-10-11-12-13-14-15-16-17-18-21-19-20/h6-7,9-10H,1-5,8,11-19H2/q+1/b7-6-,10-9-. The quantitative estimate of drug-likeness (QED) is 0.131. The summed E-state index contributed by atoms with van der Waals surface area (Å²) in [6, 6.07) is 0.331. The molecule has 0 saturated carbocycles. The molecule has 0 heterocycles. The molecule has 0 atom stereocenters. The minimum Gasteiger partial charge on any atom is -0.366 e. The minimum absolute atomic E-state index is 0.331. The molecule has 0 unspecified atom stereocenters. The molecular formula is C19H34ClO+. The largest absolute Gasteiger partial charge is 0.366 e. The lowest BCUT2D eigenvalue weighted by Gasteiger charge is -2.01. The van der Waals surface area contributed by atoms with Gasteiger partial charge in [-0.15, -0.1) is 0 Å². The monoisotopic (exact) mass is 313 g/mol. The second kappa shape index (κ2) is 19.6. The van der Waals surface area contributed by atoms with Crippen molar-refractivity contribution in [2.24, 2.45) is 0 Å². The van der Waals surface area contributed by atoms with Crippen molar-refractivity contribution in [2.45, 2.75) is 77.0 Å². The van der Waals surface area contributed by atoms with Gasteiger partial charge in [0.15, 0.2) is 0 Å². The molecule has 122 valence electrons. The van der Waals surface area contributed by atoms with Crippen molar-refractivity contribution >= 4 is 11.6 Å². The zero-order chi connectivity index (χ0) is 15.4. The first-order chi connectivity index (χ1) is 10.4. The third kappa shape index (κ3) is 19.6. The highest BCUT2D eigenvalue weighted by atomic mass is 35.5. The molecule has 0 aliphatic carbocycles. The van der Waals surface area contributed by atoms with E-state index in [1.54, 1.807) is 0 Å². The molecule has 0 N–H and O–H groups in total. The molecule has 0 fully saturated rings. The van der Waals surface area contributed by atoms with E-state index in [1.807, 2.05) is 0 Å². The lowest BCUT2D eigenvalue weighted by Crippen LogP contribution is -1.91. The van der Waals surface area contributed by atoms with Gasteiger partial charge in [0.1, 0.15) is 6.07 Å². The Morgan fingerprint density at radius 1 is 0.714 bits per heavy atom. The SMILES string of the molecule is [CH2+]CCCC/C=C\C/C=C\CCCCCCCCOCCl. The number of allylic oxidation sites excluding steroid dienone is 4. The first-order valence-electron chi connectivity index (χ1n) is 8.64. The van der Waals surface area contributed by atoms with Gasteiger partial charge in [0.05, 0.1) is 13.3 Å². The van der Waals surface area contributed by atoms with Gasteiger partial charge in [-0.3, -0.25) is 0 Å². The van der Waals surface area contributed by atoms with Gasteiger partial charge in [0, 0.05) is 6.61 Å². The Morgan fingerprint density at radius 3 is 1.90 bits per heavy atom. The minimum atomic E-state index is 0.331. The maximum atomic E-state index is 5.44. The molecule has 0 aromatic rings. The third-order valence-electron chi connectivity index (χ3n) is 3.46. The van der Waals surface area contributed by atoms with Crippen molar-refractivity contribution in [3.05, 3.63) is 31.2 Å². The summed E-state index contributed by atoms with van der Waals surface area (Å²) >= 11 is 5.44. The van der Waals surface area contributed by atoms with E-state index >= 15 is 0 Å². The van der Waals surface area contributed by atoms with Crippen LogP contribution in [0.4, 0.5) is 0 Å². The van der Waals surface area contributed by atoms with Gasteiger partial charge >= 0.3 is 0 Å². The Hall–Kier alpha value is -0.400. The summed E-state index contributed by atoms with van der Waals surface area (Å²) in [5, 5.41) is 0. The number of hydrogen-bond donors (Lipinski definition) is 0. The number of alkyl halides is 1. The maximum Gasteiger partial charge on any atom is 0.120 e. The predicted octanol–water partition coefficient (Wildman–Crippen LogP) is 6.83. The molecule has 0 bridgehead atoms. The maximum absolute atomic E-state index is 5.44. The molecule has 0 radical (unpaired) electrons. The zero-order valence-corrected chi connectivity index (χ0v) is 14.5. The summed E-state index contributed by atoms with van der Waals surface area (Å²) in [6.45, 7) is 4.67. The average Bonchev–Trinajstić information content (AvgIpc) is 2.50. The van der Waals surface area contributed by atoms with Crippen LogP contribution >= 0.6 is 11.6 Å². The topological polar surface area (TPSA) is 9.23 Å². The highest BCUT2D eigenvalue weighted by molar-refractivity contribution is 6.17. The van der Waals surface area contributed by atoms with E-state index in [-0.39, 0.29) is 0 Å². The second-order valence-electron chi connectivity index (χ2n) is 5.46. The van der Waals surface area contributed by atoms with E-state index in [9.17, 15) is 0 Å². The van der Waals surface area contributed by atoms with E-state index in [0.717, 1.165) is 25.9 Å². The van der Waals surface area contributed by atoms with E-state index in [0.29, 0.717) is 6.07 Å². The van der Waals surface area contributed by atoms with E-state index in [4.69, 9.17) is 16.3 Å². The fourth-order valence-electron chi connectivity index (χ4n) is 2.17. The molecule has 2 heteroatoms. The molecular weight excluding hydrogens is 280 g/mol. The lowest BCUT2D eigenvalue weighted by molar-refractivity contribution is 0.173. The second-order valence-corrected chi connectivity index (χ2v) is 5.67. The lowest BCUT2D eigenvalue weighted by atomic mass is 10.1. The van der Waals surface area contributed by atoms with Crippen LogP contribution in [0.5, 0.6) is 0 Å². The summed E-state index contributed by atoms with van der Waals surface area (Å²) < 4.78 is 5.10. The smallest absolute Gasteiger partial charge is 0.120 e. The van der Waals surface area contributed by atoms with Crippen LogP contribution in [-0.2, 0) is 4.74 Å². The van der Waals surface area contributed by atoms with Gasteiger partial charge in [-0.05, 0) is 44.9 Å². The summed E-state index contributed by atoms with van der Waals surface area (Å²) in [7, 11) is 0. The van der Waals surface area contributed by atoms with Gasteiger partial charge < -0.3 is 4.74 Å². The van der Waals surface area contributed by atoms with Gasteiger partial charge in [0.25, 0.3) is 0 Å². The highest BCUT2D eigenvalue weighted by Crippen LogP contribution is 2.08. The average molecular weight is 314 g/mol. The molecule has 0 aliphatic rings. The molecule has 0 saturated heterocycles. The van der Waals surface area contributed by atoms with Gasteiger partial charge in [-0.1, -0.05) is 61.6 Å². The molecule has 0 aromatic heterocycles. The van der Waals surface area contributed by atoms with Crippen LogP contribution in [-0.4, -0.2) is 12.7 Å². The van der Waals surface area contributed by atoms with Crippen LogP contribution in [0.1, 0.15) is 77.0 Å². The van der Waals surface area contributed by atoms with E-state index in [2.05, 4.69) is 31.2 Å². The normalized spacial score (nSPS) is 11.9. The van der Waals surface area contributed by atoms with Gasteiger partial charge in [-0.25, -0.2) is 0 Å². The number of halogens is 1. The van der Waals surface area contributed by atoms with Gasteiger partial charge in [0.2, 0.25) is 0 Å². The number of ether oxygens (including phenoxy) is 1. The number of unbranched alkanes of at least 4 members (excludes halogenated alkanes) is 9. The van der Waals surface area contributed by atoms with E-state index < -0.39 is 0 Å². The van der Waals surface area contributed by atoms with Crippen LogP contribution in [0.25, 0.3) is 0 Å². The molecule has 0 spiro atoms. The molecule has 21 heavy (non-hydrogen) atoms. The first kappa shape index (κ1) is 20.6. The predicted molar refractivity (Wildman–Crippen MR) is 95.7 cm³/mol. The van der Waals surface area contributed by atoms with Crippen LogP contribution in [0.3, 0.4) is 0 Å². The van der Waals surface area contributed by atoms with Crippen molar-refractivity contribution in [2.75, 3.05) is 12.7 Å². The number of rotatable bonds is 16. The highest BCUT2D eigenvalue weighted by Gasteiger charge is 1.91. The van der Waals surface area contributed by atoms with Crippen molar-refractivity contribution in [3.8, 4) is 0 Å². The zero-order valence-electron chi connectivity index (χ0n) is 13.7. The molecule has 1 nitrogen and oxygen atoms in total. The van der Waals surface area contributed by atoms with Crippen molar-refractivity contribution in [1.29, 1.82) is 0 Å². The summed E-state index contributed by atoms with van der Waals surface area (Å²) in [4.78, 5) is 0. The summed E-state index contributed by atoms with van der Waals surface area (Å²) in [6.07, 6.45) is 24.1.